The van der Waals surface area contributed by atoms with E-state index in [0.717, 1.165) is 28.2 Å². The van der Waals surface area contributed by atoms with Crippen LogP contribution in [-0.2, 0) is 17.8 Å². The molecule has 0 spiro atoms. The summed E-state index contributed by atoms with van der Waals surface area (Å²) in [5.41, 5.74) is 15.3. The van der Waals surface area contributed by atoms with Crippen molar-refractivity contribution in [3.8, 4) is 11.5 Å². The van der Waals surface area contributed by atoms with Gasteiger partial charge in [-0.2, -0.15) is 0 Å². The van der Waals surface area contributed by atoms with Gasteiger partial charge in [-0.1, -0.05) is 30.8 Å². The van der Waals surface area contributed by atoms with E-state index < -0.39 is 0 Å². The lowest BCUT2D eigenvalue weighted by atomic mass is 10.0. The molecule has 4 N–H and O–H groups in total. The van der Waals surface area contributed by atoms with Crippen LogP contribution in [0.4, 0.5) is 11.6 Å². The molecular weight excluding hydrogens is 390 g/mol. The van der Waals surface area contributed by atoms with Gasteiger partial charge in [-0.05, 0) is 65.6 Å². The van der Waals surface area contributed by atoms with Crippen molar-refractivity contribution < 1.29 is 14.2 Å². The van der Waals surface area contributed by atoms with Gasteiger partial charge in [0, 0.05) is 0 Å². The van der Waals surface area contributed by atoms with Gasteiger partial charge in [0.05, 0.1) is 19.8 Å². The number of nitrogens with two attached hydrogens (primary N) is 2. The van der Waals surface area contributed by atoms with Crippen LogP contribution in [0, 0.1) is 0 Å². The van der Waals surface area contributed by atoms with E-state index in [9.17, 15) is 0 Å². The molecule has 0 atom stereocenters. The zero-order valence-corrected chi connectivity index (χ0v) is 17.8. The van der Waals surface area contributed by atoms with Gasteiger partial charge in [0.15, 0.2) is 0 Å². The van der Waals surface area contributed by atoms with Crippen molar-refractivity contribution in [3.05, 3.63) is 95.6 Å². The van der Waals surface area contributed by atoms with E-state index in [1.165, 1.54) is 0 Å². The minimum atomic E-state index is 0.318. The van der Waals surface area contributed by atoms with Crippen molar-refractivity contribution in [1.82, 2.24) is 4.98 Å². The zero-order valence-electron chi connectivity index (χ0n) is 17.8. The Labute approximate surface area is 182 Å². The number of nitrogen functional groups attached to an aromatic ring is 2. The molecule has 160 valence electrons. The largest absolute Gasteiger partial charge is 0.497 e. The molecule has 0 bridgehead atoms. The smallest absolute Gasteiger partial charge is 0.136 e. The number of aromatic nitrogens is 1. The Balaban J connectivity index is 1.61. The molecule has 0 saturated carbocycles. The molecule has 31 heavy (non-hydrogen) atoms. The zero-order chi connectivity index (χ0) is 22.2. The quantitative estimate of drug-likeness (QED) is 0.390. The van der Waals surface area contributed by atoms with Gasteiger partial charge >= 0.3 is 0 Å². The van der Waals surface area contributed by atoms with Crippen LogP contribution in [0.1, 0.15) is 16.7 Å². The van der Waals surface area contributed by atoms with E-state index >= 15 is 0 Å². The predicted molar refractivity (Wildman–Crippen MR) is 125 cm³/mol. The number of nitrogens with zero attached hydrogens (tertiary/aromatic N) is 1. The predicted octanol–water partition coefficient (Wildman–Crippen LogP) is 4.62. The number of allylic oxidation sites excluding steroid dienone is 2. The summed E-state index contributed by atoms with van der Waals surface area (Å²) in [6.07, 6.45) is 2.52. The summed E-state index contributed by atoms with van der Waals surface area (Å²) < 4.78 is 16.6. The molecule has 1 heterocycles. The number of anilines is 2. The third-order valence-electron chi connectivity index (χ3n) is 4.66. The van der Waals surface area contributed by atoms with Gasteiger partial charge in [-0.15, -0.1) is 0 Å². The minimum Gasteiger partial charge on any atom is -0.497 e. The van der Waals surface area contributed by atoms with Gasteiger partial charge in [0.2, 0.25) is 0 Å². The molecule has 3 aromatic rings. The lowest BCUT2D eigenvalue weighted by Crippen LogP contribution is -2.02. The highest BCUT2D eigenvalue weighted by Gasteiger charge is 2.09. The van der Waals surface area contributed by atoms with Crippen LogP contribution < -0.4 is 20.9 Å². The molecule has 6 heteroatoms. The number of rotatable bonds is 9. The molecule has 2 aromatic carbocycles. The van der Waals surface area contributed by atoms with Crippen molar-refractivity contribution in [1.29, 1.82) is 0 Å². The van der Waals surface area contributed by atoms with E-state index in [0.29, 0.717) is 36.0 Å². The lowest BCUT2D eigenvalue weighted by molar-refractivity contribution is 0.305. The van der Waals surface area contributed by atoms with Crippen LogP contribution in [0.3, 0.4) is 0 Å². The van der Waals surface area contributed by atoms with E-state index in [4.69, 9.17) is 25.7 Å². The Morgan fingerprint density at radius 2 is 1.74 bits per heavy atom. The topological polar surface area (TPSA) is 92.6 Å². The maximum atomic E-state index is 5.97. The summed E-state index contributed by atoms with van der Waals surface area (Å²) in [5.74, 6) is 2.89. The second-order valence-corrected chi connectivity index (χ2v) is 7.00. The first kappa shape index (κ1) is 21.8. The summed E-state index contributed by atoms with van der Waals surface area (Å²) in [5, 5.41) is 0. The summed E-state index contributed by atoms with van der Waals surface area (Å²) in [6, 6.07) is 19.2. The number of hydrogen-bond donors (Lipinski definition) is 2. The molecule has 6 nitrogen and oxygen atoms in total. The van der Waals surface area contributed by atoms with E-state index in [-0.39, 0.29) is 0 Å². The first-order valence-corrected chi connectivity index (χ1v) is 9.79. The molecule has 0 unspecified atom stereocenters. The van der Waals surface area contributed by atoms with Gasteiger partial charge in [0.1, 0.15) is 35.5 Å². The maximum absolute atomic E-state index is 5.97. The number of hydrogen-bond acceptors (Lipinski definition) is 6. The van der Waals surface area contributed by atoms with E-state index in [1.807, 2.05) is 54.6 Å². The first-order valence-electron chi connectivity index (χ1n) is 9.79. The molecule has 3 rings (SSSR count). The molecule has 0 saturated heterocycles. The highest BCUT2D eigenvalue weighted by molar-refractivity contribution is 5.71. The van der Waals surface area contributed by atoms with Gasteiger partial charge in [-0.3, -0.25) is 0 Å². The monoisotopic (exact) mass is 417 g/mol. The van der Waals surface area contributed by atoms with Crippen LogP contribution in [0.15, 0.2) is 78.9 Å². The average molecular weight is 418 g/mol. The van der Waals surface area contributed by atoms with Crippen molar-refractivity contribution in [2.75, 3.05) is 25.7 Å². The number of pyridine rings is 1. The van der Waals surface area contributed by atoms with Crippen LogP contribution >= 0.6 is 0 Å². The second-order valence-electron chi connectivity index (χ2n) is 7.00. The lowest BCUT2D eigenvalue weighted by Gasteiger charge is -2.11. The summed E-state index contributed by atoms with van der Waals surface area (Å²) in [7, 11) is 3.24. The summed E-state index contributed by atoms with van der Waals surface area (Å²) in [6.45, 7) is 4.61. The Kier molecular flexibility index (Phi) is 7.17. The molecule has 0 radical (unpaired) electrons. The Hall–Kier alpha value is -3.93. The van der Waals surface area contributed by atoms with Crippen LogP contribution in [0.5, 0.6) is 11.5 Å². The van der Waals surface area contributed by atoms with E-state index in [1.54, 1.807) is 26.4 Å². The molecule has 1 aromatic heterocycles. The minimum absolute atomic E-state index is 0.318. The molecule has 0 aliphatic carbocycles. The third-order valence-corrected chi connectivity index (χ3v) is 4.66. The summed E-state index contributed by atoms with van der Waals surface area (Å²) >= 11 is 0. The second kappa shape index (κ2) is 10.2. The molecule has 0 fully saturated rings. The Bertz CT molecular complexity index is 1080. The van der Waals surface area contributed by atoms with Crippen molar-refractivity contribution in [2.24, 2.45) is 0 Å². The fourth-order valence-electron chi connectivity index (χ4n) is 3.08. The fourth-order valence-corrected chi connectivity index (χ4v) is 3.08. The SMILES string of the molecule is C=C(/C=C(\OC)c1ccc(N)nc1N)Cc1ccc(OCc2cccc(OC)c2)cc1. The molecule has 0 aliphatic heterocycles. The van der Waals surface area contributed by atoms with Crippen molar-refractivity contribution in [2.45, 2.75) is 13.0 Å². The highest BCUT2D eigenvalue weighted by atomic mass is 16.5. The Morgan fingerprint density at radius 1 is 0.968 bits per heavy atom. The average Bonchev–Trinajstić information content (AvgIpc) is 2.77. The van der Waals surface area contributed by atoms with Crippen molar-refractivity contribution >= 4 is 17.4 Å². The fraction of sp³-hybridized carbons (Fsp3) is 0.160. The first-order chi connectivity index (χ1) is 15.0. The van der Waals surface area contributed by atoms with Crippen molar-refractivity contribution in [3.63, 3.8) is 0 Å². The molecular formula is C25H27N3O3. The van der Waals surface area contributed by atoms with Crippen LogP contribution in [0.25, 0.3) is 5.76 Å². The standard InChI is InChI=1S/C25H27N3O3/c1-17(14-23(30-3)22-11-12-24(26)28-25(22)27)13-18-7-9-20(10-8-18)31-16-19-5-4-6-21(15-19)29-2/h4-12,14-15H,1,13,16H2,2-3H3,(H4,26,27,28)/b23-14-. The third kappa shape index (κ3) is 6.02. The normalized spacial score (nSPS) is 11.1. The van der Waals surface area contributed by atoms with Gasteiger partial charge in [0.25, 0.3) is 0 Å². The maximum Gasteiger partial charge on any atom is 0.136 e. The number of benzene rings is 2. The highest BCUT2D eigenvalue weighted by Crippen LogP contribution is 2.24. The van der Waals surface area contributed by atoms with E-state index in [2.05, 4.69) is 11.6 Å². The number of methoxy groups -OCH3 is 2. The summed E-state index contributed by atoms with van der Waals surface area (Å²) in [4.78, 5) is 4.08. The number of ether oxygens (including phenoxy) is 3. The van der Waals surface area contributed by atoms with Gasteiger partial charge < -0.3 is 25.7 Å². The Morgan fingerprint density at radius 3 is 2.42 bits per heavy atom. The van der Waals surface area contributed by atoms with Crippen LogP contribution in [-0.4, -0.2) is 19.2 Å². The molecule has 0 amide bonds. The molecule has 0 aliphatic rings. The van der Waals surface area contributed by atoms with Crippen LogP contribution in [0.2, 0.25) is 0 Å². The van der Waals surface area contributed by atoms with Gasteiger partial charge in [-0.25, -0.2) is 4.98 Å².